The monoisotopic (exact) mass is 333 g/mol. The molecule has 0 saturated carbocycles. The highest BCUT2D eigenvalue weighted by Crippen LogP contribution is 2.21. The molecule has 0 aromatic heterocycles. The Morgan fingerprint density at radius 2 is 1.52 bits per heavy atom. The Balaban J connectivity index is 0.00000264. The van der Waals surface area contributed by atoms with Crippen molar-refractivity contribution in [1.82, 2.24) is 4.90 Å². The molecule has 0 N–H and O–H groups in total. The van der Waals surface area contributed by atoms with E-state index in [9.17, 15) is 0 Å². The van der Waals surface area contributed by atoms with Crippen LogP contribution in [0.2, 0.25) is 0 Å². The molecule has 0 unspecified atom stereocenters. The predicted octanol–water partition coefficient (Wildman–Crippen LogP) is 4.81. The van der Waals surface area contributed by atoms with E-state index < -0.39 is 0 Å². The van der Waals surface area contributed by atoms with Gasteiger partial charge in [0.05, 0.1) is 6.61 Å². The van der Waals surface area contributed by atoms with Crippen molar-refractivity contribution in [2.24, 2.45) is 0 Å². The molecule has 0 spiro atoms. The van der Waals surface area contributed by atoms with Crippen LogP contribution in [0, 0.1) is 0 Å². The Morgan fingerprint density at radius 1 is 0.870 bits per heavy atom. The van der Waals surface area contributed by atoms with Crippen molar-refractivity contribution in [1.29, 1.82) is 0 Å². The van der Waals surface area contributed by atoms with Gasteiger partial charge in [-0.15, -0.1) is 12.4 Å². The van der Waals surface area contributed by atoms with Crippen molar-refractivity contribution in [3.8, 4) is 5.75 Å². The van der Waals surface area contributed by atoms with E-state index in [-0.39, 0.29) is 12.4 Å². The first-order valence-electron chi connectivity index (χ1n) is 8.30. The predicted molar refractivity (Wildman–Crippen MR) is 101 cm³/mol. The van der Waals surface area contributed by atoms with Gasteiger partial charge in [0.15, 0.2) is 0 Å². The number of hydrogen-bond donors (Lipinski definition) is 0. The van der Waals surface area contributed by atoms with E-state index in [4.69, 9.17) is 4.74 Å². The van der Waals surface area contributed by atoms with Gasteiger partial charge in [0, 0.05) is 13.0 Å². The third-order valence-corrected chi connectivity index (χ3v) is 3.98. The molecule has 2 aromatic carbocycles. The number of nitrogens with zero attached hydrogens (tertiary/aromatic N) is 1. The molecule has 0 fully saturated rings. The quantitative estimate of drug-likeness (QED) is 0.610. The fraction of sp³-hybridized carbons (Fsp3) is 0.400. The number of ether oxygens (including phenoxy) is 1. The summed E-state index contributed by atoms with van der Waals surface area (Å²) in [6.45, 7) is 8.53. The van der Waals surface area contributed by atoms with Gasteiger partial charge in [0.2, 0.25) is 0 Å². The fourth-order valence-electron chi connectivity index (χ4n) is 2.62. The van der Waals surface area contributed by atoms with Gasteiger partial charge >= 0.3 is 0 Å². The van der Waals surface area contributed by atoms with Gasteiger partial charge in [0.1, 0.15) is 5.75 Å². The summed E-state index contributed by atoms with van der Waals surface area (Å²) in [5.41, 5.74) is 2.58. The van der Waals surface area contributed by atoms with Gasteiger partial charge in [-0.25, -0.2) is 0 Å². The minimum atomic E-state index is 0. The van der Waals surface area contributed by atoms with Gasteiger partial charge in [-0.3, -0.25) is 0 Å². The lowest BCUT2D eigenvalue weighted by atomic mass is 10.0. The highest BCUT2D eigenvalue weighted by atomic mass is 35.5. The van der Waals surface area contributed by atoms with E-state index in [0.717, 1.165) is 44.8 Å². The number of rotatable bonds is 9. The molecule has 0 amide bonds. The lowest BCUT2D eigenvalue weighted by Gasteiger charge is -2.18. The Bertz CT molecular complexity index is 540. The van der Waals surface area contributed by atoms with Gasteiger partial charge < -0.3 is 9.64 Å². The van der Waals surface area contributed by atoms with Gasteiger partial charge in [0.25, 0.3) is 0 Å². The van der Waals surface area contributed by atoms with Crippen molar-refractivity contribution in [3.63, 3.8) is 0 Å². The molecule has 126 valence electrons. The smallest absolute Gasteiger partial charge is 0.122 e. The number of benzene rings is 2. The van der Waals surface area contributed by atoms with Crippen molar-refractivity contribution in [2.75, 3.05) is 26.2 Å². The molecule has 2 rings (SSSR count). The summed E-state index contributed by atoms with van der Waals surface area (Å²) in [4.78, 5) is 2.43. The van der Waals surface area contributed by atoms with Crippen LogP contribution in [0.4, 0.5) is 0 Å². The molecular weight excluding hydrogens is 306 g/mol. The second kappa shape index (κ2) is 11.1. The summed E-state index contributed by atoms with van der Waals surface area (Å²) in [6, 6.07) is 18.9. The van der Waals surface area contributed by atoms with Crippen LogP contribution in [-0.2, 0) is 6.42 Å². The largest absolute Gasteiger partial charge is 0.493 e. The molecule has 2 aromatic rings. The van der Waals surface area contributed by atoms with Crippen molar-refractivity contribution < 1.29 is 4.74 Å². The molecule has 0 atom stereocenters. The normalized spacial score (nSPS) is 10.4. The Kier molecular flexibility index (Phi) is 9.42. The first-order valence-corrected chi connectivity index (χ1v) is 8.30. The Labute approximate surface area is 146 Å². The summed E-state index contributed by atoms with van der Waals surface area (Å²) in [5.74, 6) is 1.02. The van der Waals surface area contributed by atoms with E-state index >= 15 is 0 Å². The average Bonchev–Trinajstić information content (AvgIpc) is 2.57. The lowest BCUT2D eigenvalue weighted by Crippen LogP contribution is -2.25. The maximum Gasteiger partial charge on any atom is 0.122 e. The summed E-state index contributed by atoms with van der Waals surface area (Å²) < 4.78 is 6.02. The zero-order valence-corrected chi connectivity index (χ0v) is 15.0. The molecule has 2 nitrogen and oxygen atoms in total. The van der Waals surface area contributed by atoms with Crippen molar-refractivity contribution in [2.45, 2.75) is 26.7 Å². The molecule has 0 heterocycles. The molecule has 0 aliphatic rings. The second-order valence-electron chi connectivity index (χ2n) is 5.50. The zero-order valence-electron chi connectivity index (χ0n) is 14.2. The maximum absolute atomic E-state index is 6.02. The van der Waals surface area contributed by atoms with E-state index in [0.29, 0.717) is 0 Å². The topological polar surface area (TPSA) is 12.5 Å². The van der Waals surface area contributed by atoms with E-state index in [1.165, 1.54) is 11.1 Å². The van der Waals surface area contributed by atoms with Crippen LogP contribution in [0.5, 0.6) is 5.75 Å². The van der Waals surface area contributed by atoms with Crippen molar-refractivity contribution >= 4 is 12.4 Å². The highest BCUT2D eigenvalue weighted by molar-refractivity contribution is 5.85. The maximum atomic E-state index is 6.02. The van der Waals surface area contributed by atoms with Crippen LogP contribution in [0.1, 0.15) is 31.4 Å². The summed E-state index contributed by atoms with van der Waals surface area (Å²) in [5, 5.41) is 0. The zero-order chi connectivity index (χ0) is 15.6. The van der Waals surface area contributed by atoms with Gasteiger partial charge in [-0.1, -0.05) is 62.4 Å². The first-order chi connectivity index (χ1) is 10.8. The summed E-state index contributed by atoms with van der Waals surface area (Å²) in [6.07, 6.45) is 1.99. The van der Waals surface area contributed by atoms with E-state index in [1.54, 1.807) is 0 Å². The van der Waals surface area contributed by atoms with Crippen LogP contribution < -0.4 is 4.74 Å². The SMILES string of the molecule is CCN(CC)CCCOc1ccccc1Cc1ccccc1.Cl. The fourth-order valence-corrected chi connectivity index (χ4v) is 2.62. The van der Waals surface area contributed by atoms with Crippen LogP contribution in [0.15, 0.2) is 54.6 Å². The molecular formula is C20H28ClNO. The molecule has 0 aliphatic carbocycles. The van der Waals surface area contributed by atoms with E-state index in [1.807, 2.05) is 6.07 Å². The van der Waals surface area contributed by atoms with Crippen LogP contribution in [0.25, 0.3) is 0 Å². The van der Waals surface area contributed by atoms with Crippen LogP contribution in [0.3, 0.4) is 0 Å². The molecule has 0 bridgehead atoms. The average molecular weight is 334 g/mol. The summed E-state index contributed by atoms with van der Waals surface area (Å²) in [7, 11) is 0. The Hall–Kier alpha value is -1.51. The van der Waals surface area contributed by atoms with Gasteiger partial charge in [-0.2, -0.15) is 0 Å². The third kappa shape index (κ3) is 6.64. The highest BCUT2D eigenvalue weighted by Gasteiger charge is 2.05. The van der Waals surface area contributed by atoms with Gasteiger partial charge in [-0.05, 0) is 36.7 Å². The lowest BCUT2D eigenvalue weighted by molar-refractivity contribution is 0.248. The number of halogens is 1. The molecule has 0 aliphatic heterocycles. The second-order valence-corrected chi connectivity index (χ2v) is 5.50. The Morgan fingerprint density at radius 3 is 2.22 bits per heavy atom. The van der Waals surface area contributed by atoms with Crippen molar-refractivity contribution in [3.05, 3.63) is 65.7 Å². The first kappa shape index (κ1) is 19.5. The minimum absolute atomic E-state index is 0. The van der Waals surface area contributed by atoms with Crippen LogP contribution in [-0.4, -0.2) is 31.1 Å². The molecule has 0 saturated heterocycles. The third-order valence-electron chi connectivity index (χ3n) is 3.98. The van der Waals surface area contributed by atoms with Crippen LogP contribution >= 0.6 is 12.4 Å². The molecule has 23 heavy (non-hydrogen) atoms. The number of para-hydroxylation sites is 1. The standard InChI is InChI=1S/C20H27NO.ClH/c1-3-21(4-2)15-10-16-22-20-14-9-8-13-19(20)17-18-11-6-5-7-12-18;/h5-9,11-14H,3-4,10,15-17H2,1-2H3;1H. The van der Waals surface area contributed by atoms with E-state index in [2.05, 4.69) is 67.3 Å². The minimum Gasteiger partial charge on any atom is -0.493 e. The summed E-state index contributed by atoms with van der Waals surface area (Å²) >= 11 is 0. The molecule has 0 radical (unpaired) electrons. The number of hydrogen-bond acceptors (Lipinski definition) is 2. The molecule has 3 heteroatoms.